The van der Waals surface area contributed by atoms with Gasteiger partial charge in [-0.05, 0) is 55.0 Å². The average Bonchev–Trinajstić information content (AvgIpc) is 3.33. The molecule has 1 atom stereocenters. The molecule has 176 valence electrons. The average molecular weight is 466 g/mol. The molecular formula is C28H27N5O2. The Bertz CT molecular complexity index is 1310. The predicted molar refractivity (Wildman–Crippen MR) is 138 cm³/mol. The van der Waals surface area contributed by atoms with Gasteiger partial charge < -0.3 is 10.6 Å². The Morgan fingerprint density at radius 2 is 1.80 bits per heavy atom. The summed E-state index contributed by atoms with van der Waals surface area (Å²) in [6, 6.07) is 20.9. The van der Waals surface area contributed by atoms with Crippen LogP contribution < -0.4 is 10.6 Å². The molecule has 0 saturated heterocycles. The Labute approximate surface area is 204 Å². The van der Waals surface area contributed by atoms with Crippen molar-refractivity contribution in [2.75, 3.05) is 5.32 Å². The van der Waals surface area contributed by atoms with Crippen LogP contribution in [0.15, 0.2) is 91.4 Å². The molecule has 7 nitrogen and oxygen atoms in total. The van der Waals surface area contributed by atoms with Gasteiger partial charge in [0.15, 0.2) is 0 Å². The Morgan fingerprint density at radius 1 is 1.03 bits per heavy atom. The third-order valence-corrected chi connectivity index (χ3v) is 5.49. The number of benzene rings is 2. The zero-order valence-corrected chi connectivity index (χ0v) is 19.7. The highest BCUT2D eigenvalue weighted by Gasteiger charge is 2.12. The van der Waals surface area contributed by atoms with Crippen molar-refractivity contribution in [3.63, 3.8) is 0 Å². The lowest BCUT2D eigenvalue weighted by Gasteiger charge is -2.13. The highest BCUT2D eigenvalue weighted by molar-refractivity contribution is 5.93. The summed E-state index contributed by atoms with van der Waals surface area (Å²) in [7, 11) is 0. The summed E-state index contributed by atoms with van der Waals surface area (Å²) in [6.45, 7) is 3.72. The minimum Gasteiger partial charge on any atom is -0.346 e. The standard InChI is InChI=1S/C28H27N5O2/c1-3-26(34)31-24-14-11-21(12-15-24)20(2)30-27(35)16-13-23-19-33(25-9-5-4-6-10-25)32-28(23)22-8-7-17-29-18-22/h4-20H,3H2,1-2H3,(H,30,35)(H,31,34)/b16-13+. The molecule has 0 bridgehead atoms. The molecular weight excluding hydrogens is 438 g/mol. The molecule has 2 aromatic carbocycles. The van der Waals surface area contributed by atoms with E-state index in [0.29, 0.717) is 6.42 Å². The number of hydrogen-bond donors (Lipinski definition) is 2. The first-order chi connectivity index (χ1) is 17.0. The van der Waals surface area contributed by atoms with Gasteiger partial charge in [0, 0.05) is 47.9 Å². The number of anilines is 1. The Hall–Kier alpha value is -4.52. The van der Waals surface area contributed by atoms with Crippen LogP contribution in [-0.4, -0.2) is 26.6 Å². The molecule has 0 saturated carbocycles. The van der Waals surface area contributed by atoms with Crippen LogP contribution in [-0.2, 0) is 9.59 Å². The highest BCUT2D eigenvalue weighted by Crippen LogP contribution is 2.24. The first-order valence-electron chi connectivity index (χ1n) is 11.5. The van der Waals surface area contributed by atoms with Gasteiger partial charge in [-0.2, -0.15) is 5.10 Å². The summed E-state index contributed by atoms with van der Waals surface area (Å²) in [4.78, 5) is 28.4. The second-order valence-corrected chi connectivity index (χ2v) is 8.04. The van der Waals surface area contributed by atoms with Crippen LogP contribution in [0.25, 0.3) is 23.0 Å². The van der Waals surface area contributed by atoms with Crippen molar-refractivity contribution >= 4 is 23.6 Å². The third kappa shape index (κ3) is 6.09. The second kappa shape index (κ2) is 11.1. The lowest BCUT2D eigenvalue weighted by atomic mass is 10.1. The molecule has 0 fully saturated rings. The van der Waals surface area contributed by atoms with Crippen LogP contribution in [0.2, 0.25) is 0 Å². The van der Waals surface area contributed by atoms with Crippen molar-refractivity contribution in [1.29, 1.82) is 0 Å². The number of rotatable bonds is 8. The molecule has 0 aliphatic heterocycles. The summed E-state index contributed by atoms with van der Waals surface area (Å²) in [5, 5.41) is 10.5. The van der Waals surface area contributed by atoms with Crippen molar-refractivity contribution < 1.29 is 9.59 Å². The van der Waals surface area contributed by atoms with Gasteiger partial charge in [0.05, 0.1) is 11.7 Å². The maximum Gasteiger partial charge on any atom is 0.244 e. The summed E-state index contributed by atoms with van der Waals surface area (Å²) in [6.07, 6.45) is 9.07. The fourth-order valence-electron chi connectivity index (χ4n) is 3.56. The normalized spacial score (nSPS) is 11.8. The molecule has 2 heterocycles. The monoisotopic (exact) mass is 465 g/mol. The van der Waals surface area contributed by atoms with Crippen molar-refractivity contribution in [3.05, 3.63) is 103 Å². The van der Waals surface area contributed by atoms with E-state index in [9.17, 15) is 9.59 Å². The first-order valence-corrected chi connectivity index (χ1v) is 11.5. The summed E-state index contributed by atoms with van der Waals surface area (Å²) < 4.78 is 1.79. The van der Waals surface area contributed by atoms with Crippen LogP contribution in [0.4, 0.5) is 5.69 Å². The molecule has 0 aliphatic carbocycles. The zero-order valence-electron chi connectivity index (χ0n) is 19.7. The highest BCUT2D eigenvalue weighted by atomic mass is 16.2. The Kier molecular flexibility index (Phi) is 7.47. The van der Waals surface area contributed by atoms with Gasteiger partial charge in [-0.25, -0.2) is 4.68 Å². The van der Waals surface area contributed by atoms with Crippen LogP contribution in [0.3, 0.4) is 0 Å². The molecule has 4 rings (SSSR count). The number of amides is 2. The zero-order chi connectivity index (χ0) is 24.6. The summed E-state index contributed by atoms with van der Waals surface area (Å²) >= 11 is 0. The van der Waals surface area contributed by atoms with Gasteiger partial charge in [0.2, 0.25) is 11.8 Å². The van der Waals surface area contributed by atoms with E-state index in [4.69, 9.17) is 5.10 Å². The maximum absolute atomic E-state index is 12.7. The smallest absolute Gasteiger partial charge is 0.244 e. The topological polar surface area (TPSA) is 88.9 Å². The van der Waals surface area contributed by atoms with Gasteiger partial charge >= 0.3 is 0 Å². The van der Waals surface area contributed by atoms with E-state index < -0.39 is 0 Å². The van der Waals surface area contributed by atoms with Gasteiger partial charge in [-0.3, -0.25) is 14.6 Å². The molecule has 35 heavy (non-hydrogen) atoms. The molecule has 7 heteroatoms. The van der Waals surface area contributed by atoms with E-state index in [1.54, 1.807) is 30.1 Å². The summed E-state index contributed by atoms with van der Waals surface area (Å²) in [5.74, 6) is -0.254. The largest absolute Gasteiger partial charge is 0.346 e. The Morgan fingerprint density at radius 3 is 2.49 bits per heavy atom. The van der Waals surface area contributed by atoms with Gasteiger partial charge in [-0.1, -0.05) is 37.3 Å². The third-order valence-electron chi connectivity index (χ3n) is 5.49. The fourth-order valence-corrected chi connectivity index (χ4v) is 3.56. The van der Waals surface area contributed by atoms with E-state index in [-0.39, 0.29) is 17.9 Å². The molecule has 0 aliphatic rings. The second-order valence-electron chi connectivity index (χ2n) is 8.04. The van der Waals surface area contributed by atoms with Crippen molar-refractivity contribution in [3.8, 4) is 16.9 Å². The van der Waals surface area contributed by atoms with Crippen LogP contribution >= 0.6 is 0 Å². The van der Waals surface area contributed by atoms with E-state index in [2.05, 4.69) is 15.6 Å². The molecule has 2 amide bonds. The number of para-hydroxylation sites is 1. The van der Waals surface area contributed by atoms with Crippen molar-refractivity contribution in [1.82, 2.24) is 20.1 Å². The molecule has 0 spiro atoms. The van der Waals surface area contributed by atoms with E-state index >= 15 is 0 Å². The quantitative estimate of drug-likeness (QED) is 0.351. The number of carbonyl (C=O) groups excluding carboxylic acids is 2. The molecule has 4 aromatic rings. The number of hydrogen-bond acceptors (Lipinski definition) is 4. The minimum absolute atomic E-state index is 0.0366. The van der Waals surface area contributed by atoms with E-state index in [1.165, 1.54) is 6.08 Å². The first kappa shape index (κ1) is 23.6. The predicted octanol–water partition coefficient (Wildman–Crippen LogP) is 5.17. The lowest BCUT2D eigenvalue weighted by Crippen LogP contribution is -2.24. The van der Waals surface area contributed by atoms with E-state index in [0.717, 1.165) is 33.8 Å². The molecule has 0 radical (unpaired) electrons. The Balaban J connectivity index is 1.49. The van der Waals surface area contributed by atoms with E-state index in [1.807, 2.05) is 79.9 Å². The number of aromatic nitrogens is 3. The summed E-state index contributed by atoms with van der Waals surface area (Å²) in [5.41, 5.74) is 5.01. The number of pyridine rings is 1. The number of nitrogens with zero attached hydrogens (tertiary/aromatic N) is 3. The molecule has 2 N–H and O–H groups in total. The minimum atomic E-state index is -0.217. The van der Waals surface area contributed by atoms with Gasteiger partial charge in [0.1, 0.15) is 5.69 Å². The number of nitrogens with one attached hydrogen (secondary N) is 2. The molecule has 1 unspecified atom stereocenters. The molecule has 2 aromatic heterocycles. The maximum atomic E-state index is 12.7. The lowest BCUT2D eigenvalue weighted by molar-refractivity contribution is -0.117. The fraction of sp³-hybridized carbons (Fsp3) is 0.143. The van der Waals surface area contributed by atoms with Crippen molar-refractivity contribution in [2.24, 2.45) is 0 Å². The van der Waals surface area contributed by atoms with Crippen LogP contribution in [0.5, 0.6) is 0 Å². The SMILES string of the molecule is CCC(=O)Nc1ccc(C(C)NC(=O)/C=C/c2cn(-c3ccccc3)nc2-c2cccnc2)cc1. The van der Waals surface area contributed by atoms with Crippen LogP contribution in [0.1, 0.15) is 37.4 Å². The number of carbonyl (C=O) groups is 2. The van der Waals surface area contributed by atoms with Gasteiger partial charge in [0.25, 0.3) is 0 Å². The van der Waals surface area contributed by atoms with Crippen LogP contribution in [0, 0.1) is 0 Å². The van der Waals surface area contributed by atoms with Gasteiger partial charge in [-0.15, -0.1) is 0 Å². The van der Waals surface area contributed by atoms with Crippen molar-refractivity contribution in [2.45, 2.75) is 26.3 Å².